The smallest absolute Gasteiger partial charge is 0.149 e. The minimum atomic E-state index is -0.274. The Kier molecular flexibility index (Phi) is 6.66. The van der Waals surface area contributed by atoms with E-state index >= 15 is 0 Å². The summed E-state index contributed by atoms with van der Waals surface area (Å²) in [5.74, 6) is 3.23. The summed E-state index contributed by atoms with van der Waals surface area (Å²) in [6.45, 7) is 2.30. The van der Waals surface area contributed by atoms with Crippen molar-refractivity contribution in [3.05, 3.63) is 28.5 Å². The van der Waals surface area contributed by atoms with Crippen LogP contribution in [-0.4, -0.2) is 7.11 Å². The van der Waals surface area contributed by atoms with Crippen molar-refractivity contribution in [1.82, 2.24) is 0 Å². The van der Waals surface area contributed by atoms with Gasteiger partial charge in [-0.05, 0) is 73.8 Å². The monoisotopic (exact) mass is 366 g/mol. The molecule has 0 amide bonds. The molecule has 3 rings (SSSR count). The zero-order valence-electron chi connectivity index (χ0n) is 15.7. The van der Waals surface area contributed by atoms with Gasteiger partial charge in [0.1, 0.15) is 16.6 Å². The maximum Gasteiger partial charge on any atom is 0.149 e. The van der Waals surface area contributed by atoms with Crippen molar-refractivity contribution >= 4 is 11.6 Å². The van der Waals surface area contributed by atoms with E-state index in [-0.39, 0.29) is 10.8 Å². The Morgan fingerprint density at radius 3 is 2.16 bits per heavy atom. The van der Waals surface area contributed by atoms with Crippen molar-refractivity contribution in [2.45, 2.75) is 77.0 Å². The second-order valence-electron chi connectivity index (χ2n) is 8.17. The van der Waals surface area contributed by atoms with Gasteiger partial charge >= 0.3 is 0 Å². The molecule has 0 aliphatic heterocycles. The Morgan fingerprint density at radius 1 is 1.00 bits per heavy atom. The Labute approximate surface area is 157 Å². The molecular formula is C22H32ClFO. The molecule has 2 aliphatic rings. The quantitative estimate of drug-likeness (QED) is 0.528. The predicted molar refractivity (Wildman–Crippen MR) is 103 cm³/mol. The van der Waals surface area contributed by atoms with Crippen LogP contribution in [0.2, 0.25) is 5.02 Å². The number of methoxy groups -OCH3 is 1. The Hall–Kier alpha value is -0.760. The zero-order chi connectivity index (χ0) is 17.8. The van der Waals surface area contributed by atoms with Crippen molar-refractivity contribution in [2.24, 2.45) is 17.8 Å². The van der Waals surface area contributed by atoms with Crippen LogP contribution in [0.15, 0.2) is 12.1 Å². The highest BCUT2D eigenvalue weighted by Gasteiger charge is 2.32. The SMILES string of the molecule is CCCC1CCC(C2CCC(c3ccc(OC)c(Cl)c3F)CC2)CC1. The van der Waals surface area contributed by atoms with Gasteiger partial charge in [0.05, 0.1) is 7.11 Å². The summed E-state index contributed by atoms with van der Waals surface area (Å²) in [6, 6.07) is 3.68. The second-order valence-corrected chi connectivity index (χ2v) is 8.54. The summed E-state index contributed by atoms with van der Waals surface area (Å²) in [7, 11) is 1.53. The van der Waals surface area contributed by atoms with E-state index in [1.165, 1.54) is 58.5 Å². The molecule has 0 atom stereocenters. The lowest BCUT2D eigenvalue weighted by Gasteiger charge is -2.38. The first kappa shape index (κ1) is 19.0. The first-order chi connectivity index (χ1) is 12.1. The number of hydrogen-bond acceptors (Lipinski definition) is 1. The molecule has 0 heterocycles. The second kappa shape index (κ2) is 8.75. The summed E-state index contributed by atoms with van der Waals surface area (Å²) < 4.78 is 19.7. The lowest BCUT2D eigenvalue weighted by molar-refractivity contribution is 0.156. The zero-order valence-corrected chi connectivity index (χ0v) is 16.5. The summed E-state index contributed by atoms with van der Waals surface area (Å²) >= 11 is 6.11. The van der Waals surface area contributed by atoms with E-state index in [2.05, 4.69) is 6.92 Å². The molecule has 0 bridgehead atoms. The highest BCUT2D eigenvalue weighted by Crippen LogP contribution is 2.45. The summed E-state index contributed by atoms with van der Waals surface area (Å²) in [4.78, 5) is 0. The Morgan fingerprint density at radius 2 is 1.60 bits per heavy atom. The summed E-state index contributed by atoms with van der Waals surface area (Å²) in [5, 5.41) is 0.136. The van der Waals surface area contributed by atoms with Gasteiger partial charge in [-0.1, -0.05) is 50.3 Å². The van der Waals surface area contributed by atoms with Crippen LogP contribution in [0.5, 0.6) is 5.75 Å². The first-order valence-electron chi connectivity index (χ1n) is 10.2. The van der Waals surface area contributed by atoms with E-state index in [0.717, 1.165) is 36.2 Å². The molecule has 0 spiro atoms. The van der Waals surface area contributed by atoms with Gasteiger partial charge < -0.3 is 4.74 Å². The average molecular weight is 367 g/mol. The molecule has 0 radical (unpaired) electrons. The van der Waals surface area contributed by atoms with Crippen molar-refractivity contribution in [2.75, 3.05) is 7.11 Å². The molecule has 2 aliphatic carbocycles. The third-order valence-corrected chi connectivity index (χ3v) is 7.12. The van der Waals surface area contributed by atoms with Gasteiger partial charge in [0, 0.05) is 0 Å². The van der Waals surface area contributed by atoms with E-state index in [1.807, 2.05) is 12.1 Å². The van der Waals surface area contributed by atoms with Gasteiger partial charge in [-0.15, -0.1) is 0 Å². The molecule has 0 N–H and O–H groups in total. The van der Waals surface area contributed by atoms with Gasteiger partial charge in [-0.25, -0.2) is 4.39 Å². The molecule has 1 aromatic carbocycles. The van der Waals surface area contributed by atoms with Crippen LogP contribution in [0.25, 0.3) is 0 Å². The van der Waals surface area contributed by atoms with Gasteiger partial charge in [0.2, 0.25) is 0 Å². The van der Waals surface area contributed by atoms with Crippen LogP contribution in [0, 0.1) is 23.6 Å². The van der Waals surface area contributed by atoms with Crippen LogP contribution in [0.4, 0.5) is 4.39 Å². The molecule has 0 unspecified atom stereocenters. The largest absolute Gasteiger partial charge is 0.495 e. The number of benzene rings is 1. The molecule has 2 saturated carbocycles. The van der Waals surface area contributed by atoms with Gasteiger partial charge in [-0.2, -0.15) is 0 Å². The third kappa shape index (κ3) is 4.32. The standard InChI is InChI=1S/C22H32ClFO/c1-3-4-15-5-7-16(8-6-15)17-9-11-18(12-10-17)19-13-14-20(25-2)21(23)22(19)24/h13-18H,3-12H2,1-2H3. The summed E-state index contributed by atoms with van der Waals surface area (Å²) in [6.07, 6.45) is 13.1. The predicted octanol–water partition coefficient (Wildman–Crippen LogP) is 7.37. The van der Waals surface area contributed by atoms with Crippen LogP contribution < -0.4 is 4.74 Å². The maximum atomic E-state index is 14.6. The Bertz CT molecular complexity index is 557. The summed E-state index contributed by atoms with van der Waals surface area (Å²) in [5.41, 5.74) is 0.788. The number of ether oxygens (including phenoxy) is 1. The topological polar surface area (TPSA) is 9.23 Å². The van der Waals surface area contributed by atoms with Gasteiger partial charge in [-0.3, -0.25) is 0 Å². The highest BCUT2D eigenvalue weighted by molar-refractivity contribution is 6.32. The minimum absolute atomic E-state index is 0.136. The number of rotatable bonds is 5. The first-order valence-corrected chi connectivity index (χ1v) is 10.5. The van der Waals surface area contributed by atoms with E-state index < -0.39 is 0 Å². The van der Waals surface area contributed by atoms with Crippen LogP contribution in [0.1, 0.15) is 82.6 Å². The molecule has 2 fully saturated rings. The molecule has 1 nitrogen and oxygen atoms in total. The molecule has 1 aromatic rings. The van der Waals surface area contributed by atoms with Crippen molar-refractivity contribution < 1.29 is 9.13 Å². The fraction of sp³-hybridized carbons (Fsp3) is 0.727. The van der Waals surface area contributed by atoms with E-state index in [9.17, 15) is 4.39 Å². The lowest BCUT2D eigenvalue weighted by atomic mass is 9.68. The maximum absolute atomic E-state index is 14.6. The normalized spacial score (nSPS) is 30.2. The van der Waals surface area contributed by atoms with E-state index in [4.69, 9.17) is 16.3 Å². The average Bonchev–Trinajstić information content (AvgIpc) is 2.65. The fourth-order valence-corrected chi connectivity index (χ4v) is 5.53. The van der Waals surface area contributed by atoms with E-state index in [1.54, 1.807) is 0 Å². The Balaban J connectivity index is 1.55. The third-order valence-electron chi connectivity index (χ3n) is 6.76. The van der Waals surface area contributed by atoms with Crippen LogP contribution in [-0.2, 0) is 0 Å². The van der Waals surface area contributed by atoms with Crippen molar-refractivity contribution in [3.63, 3.8) is 0 Å². The molecular weight excluding hydrogens is 335 g/mol. The molecule has 0 aromatic heterocycles. The lowest BCUT2D eigenvalue weighted by Crippen LogP contribution is -2.25. The molecule has 3 heteroatoms. The van der Waals surface area contributed by atoms with Crippen LogP contribution in [0.3, 0.4) is 0 Å². The minimum Gasteiger partial charge on any atom is -0.495 e. The van der Waals surface area contributed by atoms with Gasteiger partial charge in [0.25, 0.3) is 0 Å². The van der Waals surface area contributed by atoms with Gasteiger partial charge in [0.15, 0.2) is 0 Å². The molecule has 140 valence electrons. The van der Waals surface area contributed by atoms with Crippen molar-refractivity contribution in [3.8, 4) is 5.75 Å². The molecule has 0 saturated heterocycles. The van der Waals surface area contributed by atoms with Crippen molar-refractivity contribution in [1.29, 1.82) is 0 Å². The highest BCUT2D eigenvalue weighted by atomic mass is 35.5. The number of halogens is 2. The van der Waals surface area contributed by atoms with Crippen LogP contribution >= 0.6 is 11.6 Å². The van der Waals surface area contributed by atoms with E-state index in [0.29, 0.717) is 11.7 Å². The fourth-order valence-electron chi connectivity index (χ4n) is 5.28. The molecule has 25 heavy (non-hydrogen) atoms. The number of hydrogen-bond donors (Lipinski definition) is 0.